The van der Waals surface area contributed by atoms with Crippen molar-refractivity contribution >= 4 is 37.0 Å². The molecule has 10 nitrogen and oxygen atoms in total. The van der Waals surface area contributed by atoms with Crippen molar-refractivity contribution in [3.8, 4) is 0 Å². The zero-order valence-corrected chi connectivity index (χ0v) is 19.2. The molecule has 2 N–H and O–H groups in total. The predicted octanol–water partition coefficient (Wildman–Crippen LogP) is 0.902. The Bertz CT molecular complexity index is 1400. The summed E-state index contributed by atoms with van der Waals surface area (Å²) in [6.45, 7) is 1.64. The van der Waals surface area contributed by atoms with Crippen LogP contribution in [0.25, 0.3) is 11.0 Å². The highest BCUT2D eigenvalue weighted by molar-refractivity contribution is 7.89. The third kappa shape index (κ3) is 4.49. The number of benzene rings is 1. The van der Waals surface area contributed by atoms with Crippen LogP contribution in [-0.4, -0.2) is 74.1 Å². The van der Waals surface area contributed by atoms with Gasteiger partial charge in [0.1, 0.15) is 21.3 Å². The molecule has 33 heavy (non-hydrogen) atoms. The summed E-state index contributed by atoms with van der Waals surface area (Å²) in [4.78, 5) is 20.7. The summed E-state index contributed by atoms with van der Waals surface area (Å²) < 4.78 is 68.5. The summed E-state index contributed by atoms with van der Waals surface area (Å²) in [6.07, 6.45) is 2.95. The van der Waals surface area contributed by atoms with Gasteiger partial charge in [0, 0.05) is 44.0 Å². The van der Waals surface area contributed by atoms with Gasteiger partial charge in [-0.15, -0.1) is 0 Å². The molecule has 0 saturated carbocycles. The maximum atomic E-state index is 13.9. The molecule has 0 bridgehead atoms. The smallest absolute Gasteiger partial charge is 0.245 e. The minimum absolute atomic E-state index is 0.0494. The van der Waals surface area contributed by atoms with Crippen molar-refractivity contribution in [3.05, 3.63) is 54.6 Å². The van der Waals surface area contributed by atoms with E-state index >= 15 is 0 Å². The van der Waals surface area contributed by atoms with Gasteiger partial charge in [-0.2, -0.15) is 9.03 Å². The van der Waals surface area contributed by atoms with Crippen molar-refractivity contribution in [2.45, 2.75) is 22.8 Å². The number of carbonyl (C=O) groups excluding carboxylic acids is 1. The van der Waals surface area contributed by atoms with E-state index in [1.807, 2.05) is 0 Å². The fraction of sp³-hybridized carbons (Fsp3) is 0.300. The molecule has 1 saturated heterocycles. The van der Waals surface area contributed by atoms with Crippen molar-refractivity contribution in [2.24, 2.45) is 0 Å². The monoisotopic (exact) mass is 495 g/mol. The summed E-state index contributed by atoms with van der Waals surface area (Å²) in [5.74, 6) is -1.45. The van der Waals surface area contributed by atoms with Crippen LogP contribution in [0.1, 0.15) is 6.92 Å². The highest BCUT2D eigenvalue weighted by atomic mass is 32.2. The first-order valence-corrected chi connectivity index (χ1v) is 13.0. The molecule has 1 aliphatic rings. The number of aromatic amines is 1. The number of H-pyrrole nitrogens is 1. The van der Waals surface area contributed by atoms with Crippen molar-refractivity contribution in [3.63, 3.8) is 0 Å². The zero-order chi connectivity index (χ0) is 23.8. The van der Waals surface area contributed by atoms with E-state index in [0.29, 0.717) is 11.0 Å². The Morgan fingerprint density at radius 2 is 1.76 bits per heavy atom. The molecule has 1 atom stereocenters. The van der Waals surface area contributed by atoms with Crippen LogP contribution in [0.4, 0.5) is 4.39 Å². The number of nitrogens with zero attached hydrogens (tertiary/aromatic N) is 3. The van der Waals surface area contributed by atoms with E-state index < -0.39 is 42.7 Å². The molecule has 1 aliphatic heterocycles. The van der Waals surface area contributed by atoms with E-state index in [1.165, 1.54) is 34.5 Å². The molecule has 3 heterocycles. The topological polar surface area (TPSA) is 133 Å². The number of amides is 1. The fourth-order valence-corrected chi connectivity index (χ4v) is 6.56. The molecule has 1 aromatic carbocycles. The van der Waals surface area contributed by atoms with Crippen molar-refractivity contribution in [1.82, 2.24) is 23.9 Å². The second kappa shape index (κ2) is 8.82. The Morgan fingerprint density at radius 3 is 2.45 bits per heavy atom. The second-order valence-corrected chi connectivity index (χ2v) is 11.1. The Kier molecular flexibility index (Phi) is 6.22. The Morgan fingerprint density at radius 1 is 1.06 bits per heavy atom. The number of hydrogen-bond donors (Lipinski definition) is 2. The molecule has 0 spiro atoms. The van der Waals surface area contributed by atoms with Crippen molar-refractivity contribution in [2.75, 3.05) is 26.2 Å². The van der Waals surface area contributed by atoms with Crippen LogP contribution in [0.2, 0.25) is 0 Å². The zero-order valence-electron chi connectivity index (χ0n) is 17.6. The third-order valence-corrected chi connectivity index (χ3v) is 8.92. The first-order valence-electron chi connectivity index (χ1n) is 10.1. The van der Waals surface area contributed by atoms with E-state index in [2.05, 4.69) is 14.7 Å². The van der Waals surface area contributed by atoms with Crippen LogP contribution < -0.4 is 4.72 Å². The summed E-state index contributed by atoms with van der Waals surface area (Å²) in [6, 6.07) is 7.03. The van der Waals surface area contributed by atoms with E-state index in [0.717, 1.165) is 12.1 Å². The molecule has 13 heteroatoms. The fourth-order valence-electron chi connectivity index (χ4n) is 3.72. The number of sulfonamides is 2. The number of nitrogens with one attached hydrogen (secondary N) is 2. The minimum atomic E-state index is -4.25. The van der Waals surface area contributed by atoms with Gasteiger partial charge in [0.15, 0.2) is 0 Å². The summed E-state index contributed by atoms with van der Waals surface area (Å²) in [7, 11) is -8.06. The lowest BCUT2D eigenvalue weighted by atomic mass is 10.2. The van der Waals surface area contributed by atoms with Crippen LogP contribution in [0.3, 0.4) is 0 Å². The van der Waals surface area contributed by atoms with Gasteiger partial charge in [0.2, 0.25) is 26.0 Å². The number of piperazine rings is 1. The van der Waals surface area contributed by atoms with Gasteiger partial charge in [-0.05, 0) is 31.2 Å². The van der Waals surface area contributed by atoms with Gasteiger partial charge >= 0.3 is 0 Å². The third-order valence-electron chi connectivity index (χ3n) is 5.41. The van der Waals surface area contributed by atoms with Gasteiger partial charge in [-0.3, -0.25) is 4.79 Å². The molecule has 4 rings (SSSR count). The maximum Gasteiger partial charge on any atom is 0.245 e. The molecule has 1 amide bonds. The van der Waals surface area contributed by atoms with E-state index in [4.69, 9.17) is 0 Å². The Labute approximate surface area is 190 Å². The highest BCUT2D eigenvalue weighted by Gasteiger charge is 2.34. The number of carbonyl (C=O) groups is 1. The molecule has 0 unspecified atom stereocenters. The van der Waals surface area contributed by atoms with E-state index in [-0.39, 0.29) is 31.1 Å². The highest BCUT2D eigenvalue weighted by Crippen LogP contribution is 2.25. The number of fused-ring (bicyclic) bond motifs is 1. The lowest BCUT2D eigenvalue weighted by Crippen LogP contribution is -2.55. The number of hydrogen-bond acceptors (Lipinski definition) is 6. The minimum Gasteiger partial charge on any atom is -0.345 e. The molecule has 3 aromatic rings. The molecule has 0 aliphatic carbocycles. The van der Waals surface area contributed by atoms with Gasteiger partial charge in [0.25, 0.3) is 0 Å². The average Bonchev–Trinajstić information content (AvgIpc) is 3.23. The predicted molar refractivity (Wildman–Crippen MR) is 118 cm³/mol. The lowest BCUT2D eigenvalue weighted by Gasteiger charge is -2.35. The summed E-state index contributed by atoms with van der Waals surface area (Å²) >= 11 is 0. The first-order chi connectivity index (χ1) is 15.6. The normalized spacial score (nSPS) is 16.7. The van der Waals surface area contributed by atoms with E-state index in [9.17, 15) is 26.0 Å². The average molecular weight is 496 g/mol. The molecule has 1 fully saturated rings. The van der Waals surface area contributed by atoms with Gasteiger partial charge < -0.3 is 9.88 Å². The van der Waals surface area contributed by atoms with Crippen LogP contribution in [0, 0.1) is 5.82 Å². The van der Waals surface area contributed by atoms with Crippen molar-refractivity contribution in [1.29, 1.82) is 0 Å². The molecule has 176 valence electrons. The number of rotatable bonds is 6. The summed E-state index contributed by atoms with van der Waals surface area (Å²) in [5.41, 5.74) is 0.459. The molecule has 0 radical (unpaired) electrons. The van der Waals surface area contributed by atoms with Crippen LogP contribution >= 0.6 is 0 Å². The first kappa shape index (κ1) is 23.3. The Hall–Kier alpha value is -2.87. The standard InChI is InChI=1S/C20H22FN5O5S2/c1-14(24-32(28,29)17-7-3-2-6-16(17)21)20(27)25-9-11-26(12-10-25)33(30,31)18-13-23-19-15(18)5-4-8-22-19/h2-8,13-14,24H,9-12H2,1H3,(H,22,23)/t14-/m0/s1. The lowest BCUT2D eigenvalue weighted by molar-refractivity contribution is -0.133. The molecular formula is C20H22FN5O5S2. The summed E-state index contributed by atoms with van der Waals surface area (Å²) in [5, 5.41) is 0.479. The largest absolute Gasteiger partial charge is 0.345 e. The number of aromatic nitrogens is 2. The van der Waals surface area contributed by atoms with Gasteiger partial charge in [-0.1, -0.05) is 12.1 Å². The van der Waals surface area contributed by atoms with Gasteiger partial charge in [0.05, 0.1) is 6.04 Å². The van der Waals surface area contributed by atoms with Gasteiger partial charge in [-0.25, -0.2) is 26.2 Å². The maximum absolute atomic E-state index is 13.9. The van der Waals surface area contributed by atoms with Crippen LogP contribution in [-0.2, 0) is 24.8 Å². The SMILES string of the molecule is C[C@H](NS(=O)(=O)c1ccccc1F)C(=O)N1CCN(S(=O)(=O)c2c[nH]c3ncccc23)CC1. The number of pyridine rings is 1. The molecular weight excluding hydrogens is 473 g/mol. The second-order valence-electron chi connectivity index (χ2n) is 7.56. The van der Waals surface area contributed by atoms with Crippen LogP contribution in [0.5, 0.6) is 0 Å². The quantitative estimate of drug-likeness (QED) is 0.522. The van der Waals surface area contributed by atoms with E-state index in [1.54, 1.807) is 18.3 Å². The molecule has 2 aromatic heterocycles. The number of halogens is 1. The van der Waals surface area contributed by atoms with Crippen molar-refractivity contribution < 1.29 is 26.0 Å². The van der Waals surface area contributed by atoms with Crippen LogP contribution in [0.15, 0.2) is 58.6 Å². The Balaban J connectivity index is 1.42.